The number of rotatable bonds is 1. The van der Waals surface area contributed by atoms with Crippen molar-refractivity contribution in [3.05, 3.63) is 30.7 Å². The van der Waals surface area contributed by atoms with Gasteiger partial charge in [-0.25, -0.2) is 0 Å². The topological polar surface area (TPSA) is 23.5 Å². The van der Waals surface area contributed by atoms with Crippen LogP contribution in [0.25, 0.3) is 0 Å². The lowest BCUT2D eigenvalue weighted by Gasteiger charge is -2.16. The molecular weight excluding hydrogens is 150 g/mol. The number of phenols is 1. The number of hydrogen-bond donors (Lipinski definition) is 1. The van der Waals surface area contributed by atoms with E-state index in [9.17, 15) is 0 Å². The maximum atomic E-state index is 9.07. The Labute approximate surface area is 72.4 Å². The third kappa shape index (κ3) is 1.37. The lowest BCUT2D eigenvalue weighted by Crippen LogP contribution is -2.17. The minimum absolute atomic E-state index is 0.335. The van der Waals surface area contributed by atoms with Gasteiger partial charge < -0.3 is 10.0 Å². The molecule has 0 atom stereocenters. The van der Waals surface area contributed by atoms with Gasteiger partial charge in [0.15, 0.2) is 0 Å². The predicted octanol–water partition coefficient (Wildman–Crippen LogP) is 1.81. The molecule has 0 aromatic heterocycles. The third-order valence-corrected chi connectivity index (χ3v) is 2.17. The summed E-state index contributed by atoms with van der Waals surface area (Å²) in [6, 6.07) is 7.37. The van der Waals surface area contributed by atoms with E-state index in [1.165, 1.54) is 12.1 Å². The lowest BCUT2D eigenvalue weighted by atomic mass is 10.3. The Morgan fingerprint density at radius 1 is 1.17 bits per heavy atom. The molecule has 1 heterocycles. The fraction of sp³-hybridized carbons (Fsp3) is 0.300. The Bertz CT molecular complexity index is 249. The highest BCUT2D eigenvalue weighted by molar-refractivity contribution is 5.50. The molecule has 0 amide bonds. The molecule has 2 heteroatoms. The summed E-state index contributed by atoms with van der Waals surface area (Å²) in [7, 11) is 0. The van der Waals surface area contributed by atoms with E-state index in [0.29, 0.717) is 5.75 Å². The quantitative estimate of drug-likeness (QED) is 0.680. The van der Waals surface area contributed by atoms with Crippen molar-refractivity contribution >= 4 is 5.69 Å². The summed E-state index contributed by atoms with van der Waals surface area (Å²) in [6.45, 7) is 2.13. The van der Waals surface area contributed by atoms with Crippen molar-refractivity contribution in [2.24, 2.45) is 0 Å². The largest absolute Gasteiger partial charge is 0.508 e. The minimum Gasteiger partial charge on any atom is -0.508 e. The van der Waals surface area contributed by atoms with Crippen molar-refractivity contribution < 1.29 is 5.11 Å². The van der Waals surface area contributed by atoms with Gasteiger partial charge in [0.1, 0.15) is 5.75 Å². The van der Waals surface area contributed by atoms with Gasteiger partial charge in [-0.05, 0) is 37.1 Å². The summed E-state index contributed by atoms with van der Waals surface area (Å²) in [5, 5.41) is 9.07. The number of anilines is 1. The van der Waals surface area contributed by atoms with Crippen LogP contribution in [0.2, 0.25) is 0 Å². The van der Waals surface area contributed by atoms with Crippen LogP contribution in [0.4, 0.5) is 5.69 Å². The summed E-state index contributed by atoms with van der Waals surface area (Å²) < 4.78 is 0. The van der Waals surface area contributed by atoms with E-state index < -0.39 is 0 Å². The van der Waals surface area contributed by atoms with Crippen LogP contribution in [0.5, 0.6) is 5.75 Å². The molecule has 0 aliphatic carbocycles. The molecule has 1 saturated heterocycles. The van der Waals surface area contributed by atoms with Gasteiger partial charge in [-0.3, -0.25) is 0 Å². The maximum absolute atomic E-state index is 9.07. The normalized spacial score (nSPS) is 16.8. The standard InChI is InChI=1S/C10H12NO/c12-10-5-3-9(4-6-10)11-7-1-2-8-11/h1,3-6,12H,2,7-8H2. The van der Waals surface area contributed by atoms with Crippen molar-refractivity contribution in [1.29, 1.82) is 0 Å². The van der Waals surface area contributed by atoms with Crippen LogP contribution in [-0.4, -0.2) is 18.2 Å². The predicted molar refractivity (Wildman–Crippen MR) is 49.2 cm³/mol. The monoisotopic (exact) mass is 162 g/mol. The molecule has 0 saturated carbocycles. The first-order chi connectivity index (χ1) is 5.86. The molecule has 1 radical (unpaired) electrons. The summed E-state index contributed by atoms with van der Waals surface area (Å²) in [5.41, 5.74) is 1.20. The first-order valence-corrected chi connectivity index (χ1v) is 4.22. The molecule has 1 aromatic carbocycles. The highest BCUT2D eigenvalue weighted by Gasteiger charge is 2.11. The first kappa shape index (κ1) is 7.47. The fourth-order valence-electron chi connectivity index (χ4n) is 1.48. The number of hydrogen-bond acceptors (Lipinski definition) is 2. The molecule has 2 nitrogen and oxygen atoms in total. The van der Waals surface area contributed by atoms with E-state index in [4.69, 9.17) is 5.11 Å². The Morgan fingerprint density at radius 3 is 2.50 bits per heavy atom. The van der Waals surface area contributed by atoms with Crippen LogP contribution >= 0.6 is 0 Å². The molecule has 2 rings (SSSR count). The summed E-state index contributed by atoms with van der Waals surface area (Å²) in [6.07, 6.45) is 3.44. The minimum atomic E-state index is 0.335. The average Bonchev–Trinajstić information content (AvgIpc) is 2.58. The molecule has 12 heavy (non-hydrogen) atoms. The second kappa shape index (κ2) is 3.05. The van der Waals surface area contributed by atoms with Crippen molar-refractivity contribution in [3.63, 3.8) is 0 Å². The van der Waals surface area contributed by atoms with Crippen molar-refractivity contribution in [2.45, 2.75) is 6.42 Å². The summed E-state index contributed by atoms with van der Waals surface area (Å²) in [4.78, 5) is 2.29. The smallest absolute Gasteiger partial charge is 0.115 e. The maximum Gasteiger partial charge on any atom is 0.115 e. The van der Waals surface area contributed by atoms with E-state index in [-0.39, 0.29) is 0 Å². The van der Waals surface area contributed by atoms with E-state index in [1.54, 1.807) is 12.1 Å². The van der Waals surface area contributed by atoms with E-state index >= 15 is 0 Å². The second-order valence-corrected chi connectivity index (χ2v) is 3.04. The van der Waals surface area contributed by atoms with Gasteiger partial charge in [0.05, 0.1) is 0 Å². The van der Waals surface area contributed by atoms with Crippen molar-refractivity contribution in [3.8, 4) is 5.75 Å². The first-order valence-electron chi connectivity index (χ1n) is 4.22. The Hall–Kier alpha value is -1.18. The molecule has 1 fully saturated rings. The van der Waals surface area contributed by atoms with Gasteiger partial charge >= 0.3 is 0 Å². The van der Waals surface area contributed by atoms with E-state index in [1.807, 2.05) is 12.1 Å². The zero-order chi connectivity index (χ0) is 8.39. The molecule has 0 bridgehead atoms. The average molecular weight is 162 g/mol. The molecule has 1 N–H and O–H groups in total. The Morgan fingerprint density at radius 2 is 1.92 bits per heavy atom. The molecule has 0 spiro atoms. The zero-order valence-electron chi connectivity index (χ0n) is 6.90. The van der Waals surface area contributed by atoms with Gasteiger partial charge in [0, 0.05) is 18.8 Å². The van der Waals surface area contributed by atoms with E-state index in [0.717, 1.165) is 13.1 Å². The molecule has 63 valence electrons. The fourth-order valence-corrected chi connectivity index (χ4v) is 1.48. The van der Waals surface area contributed by atoms with Crippen LogP contribution in [-0.2, 0) is 0 Å². The molecule has 0 unspecified atom stereocenters. The molecule has 1 aliphatic heterocycles. The Balaban J connectivity index is 2.17. The number of nitrogens with zero attached hydrogens (tertiary/aromatic N) is 1. The van der Waals surface area contributed by atoms with Crippen LogP contribution in [0, 0.1) is 6.42 Å². The second-order valence-electron chi connectivity index (χ2n) is 3.04. The molecule has 1 aliphatic rings. The van der Waals surface area contributed by atoms with Crippen LogP contribution in [0.1, 0.15) is 6.42 Å². The van der Waals surface area contributed by atoms with Gasteiger partial charge in [-0.1, -0.05) is 0 Å². The van der Waals surface area contributed by atoms with E-state index in [2.05, 4.69) is 11.3 Å². The number of phenolic OH excluding ortho intramolecular Hbond substituents is 1. The zero-order valence-corrected chi connectivity index (χ0v) is 6.90. The number of aromatic hydroxyl groups is 1. The highest BCUT2D eigenvalue weighted by Crippen LogP contribution is 2.21. The third-order valence-electron chi connectivity index (χ3n) is 2.17. The van der Waals surface area contributed by atoms with Crippen molar-refractivity contribution in [1.82, 2.24) is 0 Å². The molecular formula is C10H12NO. The SMILES string of the molecule is Oc1ccc(N2C[CH]CC2)cc1. The summed E-state index contributed by atoms with van der Waals surface area (Å²) >= 11 is 0. The van der Waals surface area contributed by atoms with Gasteiger partial charge in [0.2, 0.25) is 0 Å². The Kier molecular flexibility index (Phi) is 1.90. The lowest BCUT2D eigenvalue weighted by molar-refractivity contribution is 0.475. The highest BCUT2D eigenvalue weighted by atomic mass is 16.3. The van der Waals surface area contributed by atoms with Gasteiger partial charge in [-0.15, -0.1) is 0 Å². The van der Waals surface area contributed by atoms with Crippen LogP contribution in [0.15, 0.2) is 24.3 Å². The van der Waals surface area contributed by atoms with Gasteiger partial charge in [-0.2, -0.15) is 0 Å². The number of benzene rings is 1. The van der Waals surface area contributed by atoms with Crippen LogP contribution < -0.4 is 4.90 Å². The van der Waals surface area contributed by atoms with Crippen LogP contribution in [0.3, 0.4) is 0 Å². The molecule has 1 aromatic rings. The summed E-state index contributed by atoms with van der Waals surface area (Å²) in [5.74, 6) is 0.335. The van der Waals surface area contributed by atoms with Gasteiger partial charge in [0.25, 0.3) is 0 Å². The van der Waals surface area contributed by atoms with Crippen molar-refractivity contribution in [2.75, 3.05) is 18.0 Å².